The highest BCUT2D eigenvalue weighted by molar-refractivity contribution is 5.41. The zero-order chi connectivity index (χ0) is 17.7. The van der Waals surface area contributed by atoms with Gasteiger partial charge in [0.15, 0.2) is 0 Å². The van der Waals surface area contributed by atoms with Crippen molar-refractivity contribution in [2.24, 2.45) is 17.6 Å². The van der Waals surface area contributed by atoms with E-state index in [1.165, 1.54) is 18.4 Å². The third-order valence-electron chi connectivity index (χ3n) is 6.00. The average Bonchev–Trinajstić information content (AvgIpc) is 2.98. The van der Waals surface area contributed by atoms with Gasteiger partial charge in [-0.1, -0.05) is 44.1 Å². The predicted octanol–water partition coefficient (Wildman–Crippen LogP) is 3.87. The van der Waals surface area contributed by atoms with Crippen LogP contribution in [0.4, 0.5) is 0 Å². The number of nitrogens with two attached hydrogens (primary N) is 1. The van der Waals surface area contributed by atoms with Crippen LogP contribution in [0.1, 0.15) is 65.2 Å². The van der Waals surface area contributed by atoms with Gasteiger partial charge in [0.2, 0.25) is 0 Å². The van der Waals surface area contributed by atoms with E-state index in [1.54, 1.807) is 0 Å². The molecule has 3 nitrogen and oxygen atoms in total. The minimum Gasteiger partial charge on any atom is -0.394 e. The van der Waals surface area contributed by atoms with Crippen LogP contribution in [0.15, 0.2) is 35.5 Å². The smallest absolute Gasteiger partial charge is 0.0817 e. The summed E-state index contributed by atoms with van der Waals surface area (Å²) in [5.41, 5.74) is 9.18. The van der Waals surface area contributed by atoms with Gasteiger partial charge >= 0.3 is 0 Å². The van der Waals surface area contributed by atoms with Crippen LogP contribution in [0.2, 0.25) is 0 Å². The summed E-state index contributed by atoms with van der Waals surface area (Å²) in [4.78, 5) is 0. The molecule has 4 N–H and O–H groups in total. The summed E-state index contributed by atoms with van der Waals surface area (Å²) in [5, 5.41) is 20.2. The first-order chi connectivity index (χ1) is 11.4. The van der Waals surface area contributed by atoms with Crippen molar-refractivity contribution in [3.8, 4) is 0 Å². The Labute approximate surface area is 147 Å². The molecular formula is C21H35NO2. The third-order valence-corrected chi connectivity index (χ3v) is 6.00. The normalized spacial score (nSPS) is 37.3. The predicted molar refractivity (Wildman–Crippen MR) is 101 cm³/mol. The van der Waals surface area contributed by atoms with E-state index in [9.17, 15) is 10.2 Å². The molecule has 0 aromatic rings. The Morgan fingerprint density at radius 1 is 1.42 bits per heavy atom. The first-order valence-electron chi connectivity index (χ1n) is 9.58. The molecule has 0 aliphatic heterocycles. The Morgan fingerprint density at radius 3 is 2.75 bits per heavy atom. The molecule has 0 amide bonds. The van der Waals surface area contributed by atoms with Crippen LogP contribution < -0.4 is 5.73 Å². The topological polar surface area (TPSA) is 66.5 Å². The van der Waals surface area contributed by atoms with E-state index in [1.807, 2.05) is 6.92 Å². The second-order valence-corrected chi connectivity index (χ2v) is 7.83. The van der Waals surface area contributed by atoms with Crippen molar-refractivity contribution in [3.05, 3.63) is 35.5 Å². The SMILES string of the molecule is C=C(/C=C1/CCC(CCCC)C(O)/C1=C/C)[C@H]1CC[C@](N)(CO)C1. The Morgan fingerprint density at radius 2 is 2.17 bits per heavy atom. The monoisotopic (exact) mass is 333 g/mol. The fraction of sp³-hybridized carbons (Fsp3) is 0.714. The van der Waals surface area contributed by atoms with E-state index in [-0.39, 0.29) is 12.7 Å². The minimum atomic E-state index is -0.438. The largest absolute Gasteiger partial charge is 0.394 e. The average molecular weight is 334 g/mol. The molecule has 2 rings (SSSR count). The van der Waals surface area contributed by atoms with Crippen molar-refractivity contribution < 1.29 is 10.2 Å². The van der Waals surface area contributed by atoms with Gasteiger partial charge in [0, 0.05) is 5.54 Å². The first-order valence-corrected chi connectivity index (χ1v) is 9.58. The zero-order valence-electron chi connectivity index (χ0n) is 15.4. The van der Waals surface area contributed by atoms with Crippen LogP contribution in [0.3, 0.4) is 0 Å². The van der Waals surface area contributed by atoms with Crippen LogP contribution in [-0.2, 0) is 0 Å². The van der Waals surface area contributed by atoms with Gasteiger partial charge in [-0.05, 0) is 68.4 Å². The minimum absolute atomic E-state index is 0.0469. The molecule has 4 atom stereocenters. The number of unbranched alkanes of at least 4 members (excludes halogenated alkanes) is 1. The number of hydrogen-bond acceptors (Lipinski definition) is 3. The summed E-state index contributed by atoms with van der Waals surface area (Å²) in [6.45, 7) is 8.54. The molecule has 2 fully saturated rings. The molecule has 0 heterocycles. The van der Waals surface area contributed by atoms with Crippen molar-refractivity contribution in [2.75, 3.05) is 6.61 Å². The molecule has 2 unspecified atom stereocenters. The Kier molecular flexibility index (Phi) is 6.85. The second-order valence-electron chi connectivity index (χ2n) is 7.83. The van der Waals surface area contributed by atoms with Crippen molar-refractivity contribution in [1.29, 1.82) is 0 Å². The van der Waals surface area contributed by atoms with Gasteiger partial charge in [0.05, 0.1) is 12.7 Å². The molecule has 0 aromatic heterocycles. The first kappa shape index (κ1) is 19.4. The molecule has 24 heavy (non-hydrogen) atoms. The van der Waals surface area contributed by atoms with Gasteiger partial charge in [-0.2, -0.15) is 0 Å². The summed E-state index contributed by atoms with van der Waals surface area (Å²) in [7, 11) is 0. The van der Waals surface area contributed by atoms with Gasteiger partial charge in [-0.3, -0.25) is 0 Å². The quantitative estimate of drug-likeness (QED) is 0.691. The number of allylic oxidation sites excluding steroid dienone is 3. The van der Waals surface area contributed by atoms with Gasteiger partial charge in [0.25, 0.3) is 0 Å². The van der Waals surface area contributed by atoms with Crippen molar-refractivity contribution in [3.63, 3.8) is 0 Å². The molecule has 0 bridgehead atoms. The van der Waals surface area contributed by atoms with Crippen molar-refractivity contribution in [1.82, 2.24) is 0 Å². The van der Waals surface area contributed by atoms with E-state index in [2.05, 4.69) is 25.7 Å². The third kappa shape index (κ3) is 4.38. The summed E-state index contributed by atoms with van der Waals surface area (Å²) < 4.78 is 0. The van der Waals surface area contributed by atoms with E-state index < -0.39 is 5.54 Å². The Balaban J connectivity index is 2.05. The lowest BCUT2D eigenvalue weighted by atomic mass is 9.76. The van der Waals surface area contributed by atoms with Crippen LogP contribution in [0.25, 0.3) is 0 Å². The highest BCUT2D eigenvalue weighted by Crippen LogP contribution is 2.40. The molecule has 2 saturated carbocycles. The maximum atomic E-state index is 10.7. The maximum absolute atomic E-state index is 10.7. The molecular weight excluding hydrogens is 298 g/mol. The van der Waals surface area contributed by atoms with Gasteiger partial charge in [-0.15, -0.1) is 0 Å². The number of aliphatic hydroxyl groups is 2. The zero-order valence-corrected chi connectivity index (χ0v) is 15.4. The van der Waals surface area contributed by atoms with Gasteiger partial charge in [0.1, 0.15) is 0 Å². The van der Waals surface area contributed by atoms with E-state index >= 15 is 0 Å². The van der Waals surface area contributed by atoms with Crippen molar-refractivity contribution >= 4 is 0 Å². The summed E-state index contributed by atoms with van der Waals surface area (Å²) in [6, 6.07) is 0. The number of hydrogen-bond donors (Lipinski definition) is 3. The Hall–Kier alpha value is -0.900. The van der Waals surface area contributed by atoms with Crippen molar-refractivity contribution in [2.45, 2.75) is 76.9 Å². The number of aliphatic hydroxyl groups excluding tert-OH is 2. The van der Waals surface area contributed by atoms with E-state index in [4.69, 9.17) is 5.73 Å². The lowest BCUT2D eigenvalue weighted by Gasteiger charge is -2.32. The summed E-state index contributed by atoms with van der Waals surface area (Å²) in [5.74, 6) is 0.738. The summed E-state index contributed by atoms with van der Waals surface area (Å²) in [6.07, 6.45) is 12.1. The van der Waals surface area contributed by atoms with Crippen LogP contribution in [0.5, 0.6) is 0 Å². The lowest BCUT2D eigenvalue weighted by Crippen LogP contribution is -2.40. The van der Waals surface area contributed by atoms with Crippen LogP contribution in [0, 0.1) is 11.8 Å². The summed E-state index contributed by atoms with van der Waals surface area (Å²) >= 11 is 0. The molecule has 2 aliphatic carbocycles. The van der Waals surface area contributed by atoms with E-state index in [0.717, 1.165) is 49.7 Å². The maximum Gasteiger partial charge on any atom is 0.0817 e. The molecule has 136 valence electrons. The Bertz CT molecular complexity index is 508. The highest BCUT2D eigenvalue weighted by atomic mass is 16.3. The van der Waals surface area contributed by atoms with Gasteiger partial charge in [-0.25, -0.2) is 0 Å². The molecule has 0 saturated heterocycles. The second kappa shape index (κ2) is 8.46. The van der Waals surface area contributed by atoms with Crippen LogP contribution >= 0.6 is 0 Å². The van der Waals surface area contributed by atoms with Gasteiger partial charge < -0.3 is 15.9 Å². The fourth-order valence-electron chi connectivity index (χ4n) is 4.33. The number of rotatable bonds is 6. The fourth-order valence-corrected chi connectivity index (χ4v) is 4.33. The molecule has 3 heteroatoms. The molecule has 0 aromatic carbocycles. The molecule has 0 spiro atoms. The van der Waals surface area contributed by atoms with E-state index in [0.29, 0.717) is 11.8 Å². The lowest BCUT2D eigenvalue weighted by molar-refractivity contribution is 0.119. The molecule has 0 radical (unpaired) electrons. The highest BCUT2D eigenvalue weighted by Gasteiger charge is 2.36. The molecule has 2 aliphatic rings. The van der Waals surface area contributed by atoms with Crippen LogP contribution in [-0.4, -0.2) is 28.5 Å². The standard InChI is InChI=1S/C21H35NO2/c1-4-6-7-16-8-9-17(19(5-2)20(16)24)12-15(3)18-10-11-21(22,13-18)14-23/h5,12,16,18,20,23-24H,3-4,6-11,13-14,22H2,1-2H3/b17-12-,19-5+/t16?,18-,20?,21+/m0/s1.